The smallest absolute Gasteiger partial charge is 0.136 e. The highest BCUT2D eigenvalue weighted by atomic mass is 16.5. The van der Waals surface area contributed by atoms with E-state index in [2.05, 4.69) is 13.8 Å². The van der Waals surface area contributed by atoms with Gasteiger partial charge in [-0.2, -0.15) is 0 Å². The zero-order valence-electron chi connectivity index (χ0n) is 11.4. The molecule has 2 heteroatoms. The molecule has 94 valence electrons. The zero-order chi connectivity index (χ0) is 13.1. The third-order valence-corrected chi connectivity index (χ3v) is 3.10. The molecule has 0 N–H and O–H groups in total. The molecule has 2 nitrogen and oxygen atoms in total. The monoisotopic (exact) mass is 234 g/mol. The number of benzene rings is 1. The Hall–Kier alpha value is -1.31. The molecule has 0 radical (unpaired) electrons. The van der Waals surface area contributed by atoms with Crippen LogP contribution >= 0.6 is 0 Å². The minimum Gasteiger partial charge on any atom is -0.496 e. The Morgan fingerprint density at radius 2 is 1.88 bits per heavy atom. The Labute approximate surface area is 104 Å². The molecule has 1 aromatic rings. The number of hydrogen-bond acceptors (Lipinski definition) is 2. The normalized spacial score (nSPS) is 11.6. The van der Waals surface area contributed by atoms with Crippen LogP contribution in [0.5, 0.6) is 5.75 Å². The van der Waals surface area contributed by atoms with Crippen LogP contribution in [0.2, 0.25) is 0 Å². The second kappa shape index (κ2) is 5.35. The van der Waals surface area contributed by atoms with Gasteiger partial charge in [-0.25, -0.2) is 0 Å². The van der Waals surface area contributed by atoms with E-state index in [0.717, 1.165) is 11.3 Å². The maximum absolute atomic E-state index is 11.9. The molecule has 0 saturated carbocycles. The van der Waals surface area contributed by atoms with E-state index < -0.39 is 0 Å². The molecular weight excluding hydrogens is 212 g/mol. The molecule has 0 aliphatic heterocycles. The molecular formula is C15H22O2. The van der Waals surface area contributed by atoms with Gasteiger partial charge in [-0.05, 0) is 6.07 Å². The highest BCUT2D eigenvalue weighted by Crippen LogP contribution is 2.34. The summed E-state index contributed by atoms with van der Waals surface area (Å²) in [5.41, 5.74) is 0.907. The van der Waals surface area contributed by atoms with Gasteiger partial charge in [0.15, 0.2) is 0 Å². The maximum atomic E-state index is 11.9. The van der Waals surface area contributed by atoms with E-state index in [1.165, 1.54) is 0 Å². The highest BCUT2D eigenvalue weighted by Gasteiger charge is 2.27. The van der Waals surface area contributed by atoms with Gasteiger partial charge in [-0.3, -0.25) is 4.79 Å². The molecule has 0 amide bonds. The molecule has 0 aliphatic rings. The SMILES string of the molecule is COc1ccccc1C(C)(C)CC(=O)C(C)C. The van der Waals surface area contributed by atoms with Gasteiger partial charge < -0.3 is 4.74 Å². The second-order valence-corrected chi connectivity index (χ2v) is 5.38. The minimum atomic E-state index is -0.187. The van der Waals surface area contributed by atoms with Crippen molar-refractivity contribution in [3.05, 3.63) is 29.8 Å². The van der Waals surface area contributed by atoms with E-state index in [1.807, 2.05) is 38.1 Å². The molecule has 0 saturated heterocycles. The number of Topliss-reactive ketones (excluding diaryl/α,β-unsaturated/α-hetero) is 1. The molecule has 1 aromatic carbocycles. The van der Waals surface area contributed by atoms with Gasteiger partial charge in [0.05, 0.1) is 7.11 Å². The largest absolute Gasteiger partial charge is 0.496 e. The van der Waals surface area contributed by atoms with E-state index >= 15 is 0 Å². The van der Waals surface area contributed by atoms with Gasteiger partial charge >= 0.3 is 0 Å². The molecule has 0 aliphatic carbocycles. The van der Waals surface area contributed by atoms with Crippen molar-refractivity contribution in [3.8, 4) is 5.75 Å². The van der Waals surface area contributed by atoms with Crippen LogP contribution in [0.25, 0.3) is 0 Å². The maximum Gasteiger partial charge on any atom is 0.136 e. The van der Waals surface area contributed by atoms with Gasteiger partial charge in [0.1, 0.15) is 11.5 Å². The van der Waals surface area contributed by atoms with Gasteiger partial charge in [0.2, 0.25) is 0 Å². The predicted octanol–water partition coefficient (Wildman–Crippen LogP) is 3.59. The second-order valence-electron chi connectivity index (χ2n) is 5.38. The van der Waals surface area contributed by atoms with Gasteiger partial charge in [-0.1, -0.05) is 45.9 Å². The van der Waals surface area contributed by atoms with E-state index in [4.69, 9.17) is 4.74 Å². The summed E-state index contributed by atoms with van der Waals surface area (Å²) in [5.74, 6) is 1.24. The van der Waals surface area contributed by atoms with Crippen LogP contribution in [0, 0.1) is 5.92 Å². The van der Waals surface area contributed by atoms with Crippen LogP contribution in [0.15, 0.2) is 24.3 Å². The Morgan fingerprint density at radius 3 is 2.41 bits per heavy atom. The van der Waals surface area contributed by atoms with E-state index in [1.54, 1.807) is 7.11 Å². The number of methoxy groups -OCH3 is 1. The van der Waals surface area contributed by atoms with Gasteiger partial charge in [-0.15, -0.1) is 0 Å². The summed E-state index contributed by atoms with van der Waals surface area (Å²) in [6.07, 6.45) is 0.547. The average Bonchev–Trinajstić information content (AvgIpc) is 2.28. The van der Waals surface area contributed by atoms with Crippen LogP contribution in [0.3, 0.4) is 0 Å². The average molecular weight is 234 g/mol. The number of carbonyl (C=O) groups excluding carboxylic acids is 1. The van der Waals surface area contributed by atoms with Crippen molar-refractivity contribution in [2.45, 2.75) is 39.5 Å². The van der Waals surface area contributed by atoms with Crippen molar-refractivity contribution in [1.82, 2.24) is 0 Å². The lowest BCUT2D eigenvalue weighted by atomic mass is 9.78. The Balaban J connectivity index is 3.00. The fourth-order valence-corrected chi connectivity index (χ4v) is 1.94. The summed E-state index contributed by atoms with van der Waals surface area (Å²) >= 11 is 0. The van der Waals surface area contributed by atoms with Crippen LogP contribution in [-0.2, 0) is 10.2 Å². The van der Waals surface area contributed by atoms with Crippen molar-refractivity contribution in [2.24, 2.45) is 5.92 Å². The summed E-state index contributed by atoms with van der Waals surface area (Å²) in [6.45, 7) is 8.07. The van der Waals surface area contributed by atoms with Crippen molar-refractivity contribution < 1.29 is 9.53 Å². The molecule has 0 atom stereocenters. The first-order valence-electron chi connectivity index (χ1n) is 6.04. The summed E-state index contributed by atoms with van der Waals surface area (Å²) in [5, 5.41) is 0. The molecule has 17 heavy (non-hydrogen) atoms. The van der Waals surface area contributed by atoms with Gasteiger partial charge in [0.25, 0.3) is 0 Å². The predicted molar refractivity (Wildman–Crippen MR) is 70.5 cm³/mol. The zero-order valence-corrected chi connectivity index (χ0v) is 11.4. The van der Waals surface area contributed by atoms with Gasteiger partial charge in [0, 0.05) is 23.3 Å². The highest BCUT2D eigenvalue weighted by molar-refractivity contribution is 5.81. The standard InChI is InChI=1S/C15H22O2/c1-11(2)13(16)10-15(3,4)12-8-6-7-9-14(12)17-5/h6-9,11H,10H2,1-5H3. The summed E-state index contributed by atoms with van der Waals surface area (Å²) in [6, 6.07) is 7.91. The quantitative estimate of drug-likeness (QED) is 0.778. The Morgan fingerprint density at radius 1 is 1.29 bits per heavy atom. The first-order valence-corrected chi connectivity index (χ1v) is 6.04. The molecule has 0 bridgehead atoms. The number of carbonyl (C=O) groups is 1. The number of para-hydroxylation sites is 1. The van der Waals surface area contributed by atoms with Crippen LogP contribution < -0.4 is 4.74 Å². The third-order valence-electron chi connectivity index (χ3n) is 3.10. The van der Waals surface area contributed by atoms with E-state index in [9.17, 15) is 4.79 Å². The van der Waals surface area contributed by atoms with Crippen molar-refractivity contribution in [1.29, 1.82) is 0 Å². The third kappa shape index (κ3) is 3.32. The minimum absolute atomic E-state index is 0.0870. The number of rotatable bonds is 5. The number of hydrogen-bond donors (Lipinski definition) is 0. The lowest BCUT2D eigenvalue weighted by Crippen LogP contribution is -2.24. The first kappa shape index (κ1) is 13.8. The number of ether oxygens (including phenoxy) is 1. The van der Waals surface area contributed by atoms with Crippen LogP contribution in [-0.4, -0.2) is 12.9 Å². The first-order chi connectivity index (χ1) is 7.88. The lowest BCUT2D eigenvalue weighted by molar-refractivity contribution is -0.122. The van der Waals surface area contributed by atoms with Crippen molar-refractivity contribution in [3.63, 3.8) is 0 Å². The van der Waals surface area contributed by atoms with Crippen LogP contribution in [0.1, 0.15) is 39.7 Å². The van der Waals surface area contributed by atoms with Crippen LogP contribution in [0.4, 0.5) is 0 Å². The molecule has 0 unspecified atom stereocenters. The molecule has 0 aromatic heterocycles. The van der Waals surface area contributed by atoms with Crippen molar-refractivity contribution in [2.75, 3.05) is 7.11 Å². The van der Waals surface area contributed by atoms with E-state index in [0.29, 0.717) is 12.2 Å². The molecule has 0 fully saturated rings. The van der Waals surface area contributed by atoms with Crippen molar-refractivity contribution >= 4 is 5.78 Å². The Bertz CT molecular complexity index is 392. The molecule has 0 heterocycles. The fraction of sp³-hybridized carbons (Fsp3) is 0.533. The molecule has 0 spiro atoms. The number of ketones is 1. The Kier molecular flexibility index (Phi) is 4.33. The lowest BCUT2D eigenvalue weighted by Gasteiger charge is -2.27. The summed E-state index contributed by atoms with van der Waals surface area (Å²) in [4.78, 5) is 11.9. The summed E-state index contributed by atoms with van der Waals surface area (Å²) < 4.78 is 5.36. The van der Waals surface area contributed by atoms with E-state index in [-0.39, 0.29) is 11.3 Å². The summed E-state index contributed by atoms with van der Waals surface area (Å²) in [7, 11) is 1.67. The fourth-order valence-electron chi connectivity index (χ4n) is 1.94. The topological polar surface area (TPSA) is 26.3 Å². The molecule has 1 rings (SSSR count).